The van der Waals surface area contributed by atoms with Crippen molar-refractivity contribution in [3.05, 3.63) is 24.0 Å². The Labute approximate surface area is 127 Å². The van der Waals surface area contributed by atoms with Crippen molar-refractivity contribution >= 4 is 16.7 Å². The molecule has 0 atom stereocenters. The first kappa shape index (κ1) is 15.8. The molecule has 0 saturated carbocycles. The standard InChI is InChI=1S/C17H27N3O/c1-3-5-11-21-12-6-10-20-16-9-8-14(18)13-15(16)19-17(20)7-4-2/h8-9,13H,3-7,10-12,18H2,1-2H3. The van der Waals surface area contributed by atoms with Crippen LogP contribution in [0.2, 0.25) is 0 Å². The van der Waals surface area contributed by atoms with Crippen molar-refractivity contribution in [1.29, 1.82) is 0 Å². The molecule has 4 nitrogen and oxygen atoms in total. The second-order valence-corrected chi connectivity index (χ2v) is 5.50. The third-order valence-corrected chi connectivity index (χ3v) is 3.64. The molecule has 0 aliphatic rings. The molecule has 0 amide bonds. The number of imidazole rings is 1. The average molecular weight is 289 g/mol. The van der Waals surface area contributed by atoms with Gasteiger partial charge < -0.3 is 15.0 Å². The lowest BCUT2D eigenvalue weighted by atomic mass is 10.2. The van der Waals surface area contributed by atoms with Crippen LogP contribution in [-0.2, 0) is 17.7 Å². The number of anilines is 1. The van der Waals surface area contributed by atoms with E-state index in [1.165, 1.54) is 11.9 Å². The van der Waals surface area contributed by atoms with Gasteiger partial charge in [-0.25, -0.2) is 4.98 Å². The van der Waals surface area contributed by atoms with Crippen LogP contribution in [0.15, 0.2) is 18.2 Å². The van der Waals surface area contributed by atoms with Crippen LogP contribution >= 0.6 is 0 Å². The van der Waals surface area contributed by atoms with Gasteiger partial charge in [-0.05, 0) is 37.5 Å². The van der Waals surface area contributed by atoms with Crippen LogP contribution < -0.4 is 5.73 Å². The molecule has 21 heavy (non-hydrogen) atoms. The van der Waals surface area contributed by atoms with Gasteiger partial charge in [-0.3, -0.25) is 0 Å². The Hall–Kier alpha value is -1.55. The van der Waals surface area contributed by atoms with Crippen LogP contribution in [-0.4, -0.2) is 22.8 Å². The van der Waals surface area contributed by atoms with E-state index in [1.807, 2.05) is 12.1 Å². The summed E-state index contributed by atoms with van der Waals surface area (Å²) in [5.41, 5.74) is 8.82. The van der Waals surface area contributed by atoms with Crippen LogP contribution in [0, 0.1) is 0 Å². The van der Waals surface area contributed by atoms with Crippen LogP contribution in [0.3, 0.4) is 0 Å². The largest absolute Gasteiger partial charge is 0.399 e. The Morgan fingerprint density at radius 3 is 2.71 bits per heavy atom. The summed E-state index contributed by atoms with van der Waals surface area (Å²) in [6.45, 7) is 7.03. The van der Waals surface area contributed by atoms with Crippen LogP contribution in [0.1, 0.15) is 45.4 Å². The quantitative estimate of drug-likeness (QED) is 0.564. The van der Waals surface area contributed by atoms with Gasteiger partial charge >= 0.3 is 0 Å². The van der Waals surface area contributed by atoms with Crippen molar-refractivity contribution in [2.24, 2.45) is 0 Å². The number of nitrogen functional groups attached to an aromatic ring is 1. The third-order valence-electron chi connectivity index (χ3n) is 3.64. The molecule has 1 heterocycles. The van der Waals surface area contributed by atoms with E-state index in [0.29, 0.717) is 0 Å². The topological polar surface area (TPSA) is 53.1 Å². The molecular weight excluding hydrogens is 262 g/mol. The molecule has 116 valence electrons. The number of aryl methyl sites for hydroxylation is 2. The maximum absolute atomic E-state index is 5.86. The SMILES string of the molecule is CCCCOCCCn1c(CCC)nc2cc(N)ccc21. The van der Waals surface area contributed by atoms with Gasteiger partial charge in [-0.15, -0.1) is 0 Å². The number of ether oxygens (including phenoxy) is 1. The molecule has 0 aliphatic carbocycles. The predicted octanol–water partition coefficient (Wildman–Crippen LogP) is 3.78. The number of rotatable bonds is 9. The van der Waals surface area contributed by atoms with Crippen molar-refractivity contribution < 1.29 is 4.74 Å². The third kappa shape index (κ3) is 4.21. The fourth-order valence-corrected chi connectivity index (χ4v) is 2.53. The van der Waals surface area contributed by atoms with Crippen molar-refractivity contribution in [3.63, 3.8) is 0 Å². The highest BCUT2D eigenvalue weighted by molar-refractivity contribution is 5.79. The summed E-state index contributed by atoms with van der Waals surface area (Å²) in [5, 5.41) is 0. The minimum absolute atomic E-state index is 0.776. The molecule has 0 saturated heterocycles. The number of unbranched alkanes of at least 4 members (excludes halogenated alkanes) is 1. The van der Waals surface area contributed by atoms with Crippen molar-refractivity contribution in [2.45, 2.75) is 52.5 Å². The predicted molar refractivity (Wildman–Crippen MR) is 88.5 cm³/mol. The van der Waals surface area contributed by atoms with Gasteiger partial charge in [0.2, 0.25) is 0 Å². The first-order valence-corrected chi connectivity index (χ1v) is 8.08. The lowest BCUT2D eigenvalue weighted by molar-refractivity contribution is 0.126. The summed E-state index contributed by atoms with van der Waals surface area (Å²) in [6.07, 6.45) is 5.47. The summed E-state index contributed by atoms with van der Waals surface area (Å²) in [6, 6.07) is 5.99. The monoisotopic (exact) mass is 289 g/mol. The van der Waals surface area contributed by atoms with Gasteiger partial charge in [0, 0.05) is 31.9 Å². The Morgan fingerprint density at radius 1 is 1.14 bits per heavy atom. The van der Waals surface area contributed by atoms with Crippen molar-refractivity contribution in [3.8, 4) is 0 Å². The molecule has 2 rings (SSSR count). The minimum atomic E-state index is 0.776. The number of nitrogens with zero attached hydrogens (tertiary/aromatic N) is 2. The molecule has 0 unspecified atom stereocenters. The van der Waals surface area contributed by atoms with Gasteiger partial charge in [-0.2, -0.15) is 0 Å². The number of nitrogens with two attached hydrogens (primary N) is 1. The first-order valence-electron chi connectivity index (χ1n) is 8.08. The maximum Gasteiger partial charge on any atom is 0.109 e. The Kier molecular flexibility index (Phi) is 6.05. The van der Waals surface area contributed by atoms with Gasteiger partial charge in [0.25, 0.3) is 0 Å². The molecule has 0 radical (unpaired) electrons. The fraction of sp³-hybridized carbons (Fsp3) is 0.588. The number of fused-ring (bicyclic) bond motifs is 1. The molecule has 0 spiro atoms. The molecule has 1 aromatic heterocycles. The maximum atomic E-state index is 5.86. The second kappa shape index (κ2) is 8.03. The highest BCUT2D eigenvalue weighted by atomic mass is 16.5. The molecule has 0 bridgehead atoms. The van der Waals surface area contributed by atoms with Gasteiger partial charge in [-0.1, -0.05) is 20.3 Å². The zero-order chi connectivity index (χ0) is 15.1. The second-order valence-electron chi connectivity index (χ2n) is 5.50. The number of benzene rings is 1. The molecule has 4 heteroatoms. The van der Waals surface area contributed by atoms with E-state index >= 15 is 0 Å². The first-order chi connectivity index (χ1) is 10.3. The van der Waals surface area contributed by atoms with E-state index in [4.69, 9.17) is 15.5 Å². The zero-order valence-electron chi connectivity index (χ0n) is 13.3. The van der Waals surface area contributed by atoms with E-state index < -0.39 is 0 Å². The van der Waals surface area contributed by atoms with Crippen molar-refractivity contribution in [2.75, 3.05) is 18.9 Å². The van der Waals surface area contributed by atoms with E-state index in [0.717, 1.165) is 62.5 Å². The summed E-state index contributed by atoms with van der Waals surface area (Å²) in [7, 11) is 0. The molecule has 0 fully saturated rings. The van der Waals surface area contributed by atoms with Gasteiger partial charge in [0.15, 0.2) is 0 Å². The van der Waals surface area contributed by atoms with Crippen LogP contribution in [0.5, 0.6) is 0 Å². The van der Waals surface area contributed by atoms with Crippen molar-refractivity contribution in [1.82, 2.24) is 9.55 Å². The summed E-state index contributed by atoms with van der Waals surface area (Å²) < 4.78 is 7.97. The summed E-state index contributed by atoms with van der Waals surface area (Å²) >= 11 is 0. The van der Waals surface area contributed by atoms with Crippen LogP contribution in [0.4, 0.5) is 5.69 Å². The Bertz CT molecular complexity index is 562. The van der Waals surface area contributed by atoms with E-state index in [-0.39, 0.29) is 0 Å². The summed E-state index contributed by atoms with van der Waals surface area (Å²) in [5.74, 6) is 1.16. The minimum Gasteiger partial charge on any atom is -0.399 e. The zero-order valence-corrected chi connectivity index (χ0v) is 13.3. The lowest BCUT2D eigenvalue weighted by Gasteiger charge is -2.09. The normalized spacial score (nSPS) is 11.3. The molecular formula is C17H27N3O. The van der Waals surface area contributed by atoms with Gasteiger partial charge in [0.05, 0.1) is 11.0 Å². The number of hydrogen-bond acceptors (Lipinski definition) is 3. The smallest absolute Gasteiger partial charge is 0.109 e. The fourth-order valence-electron chi connectivity index (χ4n) is 2.53. The van der Waals surface area contributed by atoms with Gasteiger partial charge in [0.1, 0.15) is 5.82 Å². The number of aromatic nitrogens is 2. The van der Waals surface area contributed by atoms with E-state index in [1.54, 1.807) is 0 Å². The Morgan fingerprint density at radius 2 is 1.95 bits per heavy atom. The summed E-state index contributed by atoms with van der Waals surface area (Å²) in [4.78, 5) is 4.73. The number of hydrogen-bond donors (Lipinski definition) is 1. The highest BCUT2D eigenvalue weighted by Crippen LogP contribution is 2.20. The molecule has 2 aromatic rings. The average Bonchev–Trinajstić information content (AvgIpc) is 2.80. The van der Waals surface area contributed by atoms with E-state index in [9.17, 15) is 0 Å². The van der Waals surface area contributed by atoms with E-state index in [2.05, 4.69) is 24.5 Å². The molecule has 0 aliphatic heterocycles. The van der Waals surface area contributed by atoms with Crippen LogP contribution in [0.25, 0.3) is 11.0 Å². The molecule has 1 aromatic carbocycles. The highest BCUT2D eigenvalue weighted by Gasteiger charge is 2.10. The Balaban J connectivity index is 2.04. The molecule has 2 N–H and O–H groups in total. The lowest BCUT2D eigenvalue weighted by Crippen LogP contribution is -2.07.